The molecule has 1 N–H and O–H groups in total. The van der Waals surface area contributed by atoms with Gasteiger partial charge in [0.25, 0.3) is 0 Å². The van der Waals surface area contributed by atoms with Crippen LogP contribution in [0.15, 0.2) is 46.9 Å². The van der Waals surface area contributed by atoms with Crippen molar-refractivity contribution in [1.82, 2.24) is 5.01 Å². The first kappa shape index (κ1) is 19.6. The van der Waals surface area contributed by atoms with E-state index >= 15 is 0 Å². The molecule has 0 unspecified atom stereocenters. The third-order valence-electron chi connectivity index (χ3n) is 4.13. The molecule has 0 aliphatic carbocycles. The first-order chi connectivity index (χ1) is 12.5. The number of rotatable bonds is 4. The van der Waals surface area contributed by atoms with Crippen molar-refractivity contribution in [3.05, 3.63) is 52.2 Å². The summed E-state index contributed by atoms with van der Waals surface area (Å²) in [5.41, 5.74) is 1.50. The molecule has 2 aromatic rings. The summed E-state index contributed by atoms with van der Waals surface area (Å²) in [4.78, 5) is 14.0. The molecular formula is C19H23N3O3S2. The molecule has 0 fully saturated rings. The van der Waals surface area contributed by atoms with Crippen LogP contribution < -0.4 is 4.72 Å². The van der Waals surface area contributed by atoms with Gasteiger partial charge in [0.1, 0.15) is 0 Å². The summed E-state index contributed by atoms with van der Waals surface area (Å²) in [6, 6.07) is 10.9. The minimum Gasteiger partial charge on any atom is -0.284 e. The number of hydrogen-bond acceptors (Lipinski definition) is 5. The number of hydrazone groups is 1. The lowest BCUT2D eigenvalue weighted by Gasteiger charge is -2.27. The molecule has 2 heterocycles. The van der Waals surface area contributed by atoms with Gasteiger partial charge in [-0.2, -0.15) is 5.10 Å². The summed E-state index contributed by atoms with van der Waals surface area (Å²) in [7, 11) is -3.36. The van der Waals surface area contributed by atoms with E-state index in [1.807, 2.05) is 44.4 Å². The van der Waals surface area contributed by atoms with Crippen LogP contribution in [-0.4, -0.2) is 31.3 Å². The Morgan fingerprint density at radius 3 is 2.59 bits per heavy atom. The minimum absolute atomic E-state index is 0.0404. The molecule has 0 spiro atoms. The van der Waals surface area contributed by atoms with Gasteiger partial charge in [0.2, 0.25) is 15.9 Å². The van der Waals surface area contributed by atoms with Gasteiger partial charge in [-0.15, -0.1) is 11.3 Å². The number of nitrogens with zero attached hydrogens (tertiary/aromatic N) is 2. The van der Waals surface area contributed by atoms with E-state index in [1.54, 1.807) is 34.5 Å². The second-order valence-corrected chi connectivity index (χ2v) is 10.4. The minimum atomic E-state index is -3.36. The Morgan fingerprint density at radius 1 is 1.26 bits per heavy atom. The molecule has 1 aromatic carbocycles. The molecule has 8 heteroatoms. The van der Waals surface area contributed by atoms with Crippen LogP contribution in [-0.2, 0) is 14.8 Å². The fourth-order valence-electron chi connectivity index (χ4n) is 2.89. The van der Waals surface area contributed by atoms with Crippen molar-refractivity contribution in [1.29, 1.82) is 0 Å². The molecule has 6 nitrogen and oxygen atoms in total. The lowest BCUT2D eigenvalue weighted by molar-refractivity contribution is -0.141. The topological polar surface area (TPSA) is 78.8 Å². The molecular weight excluding hydrogens is 382 g/mol. The van der Waals surface area contributed by atoms with Gasteiger partial charge < -0.3 is 0 Å². The highest BCUT2D eigenvalue weighted by Crippen LogP contribution is 2.37. The number of carbonyl (C=O) groups is 1. The summed E-state index contributed by atoms with van der Waals surface area (Å²) in [5.74, 6) is -0.0404. The number of nitrogens with one attached hydrogen (secondary N) is 1. The molecule has 0 saturated heterocycles. The highest BCUT2D eigenvalue weighted by molar-refractivity contribution is 7.92. The van der Waals surface area contributed by atoms with Crippen LogP contribution in [0.1, 0.15) is 43.7 Å². The van der Waals surface area contributed by atoms with E-state index in [-0.39, 0.29) is 11.9 Å². The molecule has 27 heavy (non-hydrogen) atoms. The van der Waals surface area contributed by atoms with Gasteiger partial charge in [-0.05, 0) is 29.1 Å². The molecule has 1 atom stereocenters. The predicted octanol–water partition coefficient (Wildman–Crippen LogP) is 3.84. The molecule has 1 aliphatic heterocycles. The zero-order chi connectivity index (χ0) is 19.8. The van der Waals surface area contributed by atoms with Crippen LogP contribution in [0, 0.1) is 5.41 Å². The van der Waals surface area contributed by atoms with Crippen molar-refractivity contribution in [3.8, 4) is 0 Å². The van der Waals surface area contributed by atoms with Gasteiger partial charge in [-0.1, -0.05) is 39.0 Å². The summed E-state index contributed by atoms with van der Waals surface area (Å²) in [6.45, 7) is 5.64. The van der Waals surface area contributed by atoms with Gasteiger partial charge in [0.15, 0.2) is 0 Å². The van der Waals surface area contributed by atoms with Gasteiger partial charge in [-0.3, -0.25) is 9.52 Å². The Kier molecular flexibility index (Phi) is 5.14. The molecule has 144 valence electrons. The van der Waals surface area contributed by atoms with Crippen molar-refractivity contribution in [2.75, 3.05) is 11.0 Å². The smallest absolute Gasteiger partial charge is 0.248 e. The number of thiophene rings is 1. The van der Waals surface area contributed by atoms with Crippen molar-refractivity contribution in [3.63, 3.8) is 0 Å². The predicted molar refractivity (Wildman–Crippen MR) is 109 cm³/mol. The van der Waals surface area contributed by atoms with E-state index in [2.05, 4.69) is 9.82 Å². The highest BCUT2D eigenvalue weighted by Gasteiger charge is 2.38. The first-order valence-corrected chi connectivity index (χ1v) is 11.3. The molecule has 3 rings (SSSR count). The lowest BCUT2D eigenvalue weighted by atomic mass is 9.94. The van der Waals surface area contributed by atoms with Crippen LogP contribution in [0.4, 0.5) is 5.69 Å². The van der Waals surface area contributed by atoms with E-state index < -0.39 is 15.4 Å². The van der Waals surface area contributed by atoms with E-state index in [0.29, 0.717) is 12.1 Å². The number of hydrogen-bond donors (Lipinski definition) is 1. The standard InChI is InChI=1S/C19H23N3O3S2/c1-19(2,3)18(23)22-16(17-9-6-10-26-17)12-15(20-22)13-7-5-8-14(11-13)21-27(4,24)25/h5-11,16,21H,12H2,1-4H3/t16-/m0/s1. The Balaban J connectivity index is 1.96. The zero-order valence-electron chi connectivity index (χ0n) is 15.8. The van der Waals surface area contributed by atoms with Gasteiger partial charge in [-0.25, -0.2) is 13.4 Å². The van der Waals surface area contributed by atoms with E-state index in [4.69, 9.17) is 0 Å². The average Bonchev–Trinajstić information content (AvgIpc) is 3.21. The number of anilines is 1. The average molecular weight is 406 g/mol. The molecule has 1 aliphatic rings. The van der Waals surface area contributed by atoms with Gasteiger partial charge >= 0.3 is 0 Å². The summed E-state index contributed by atoms with van der Waals surface area (Å²) in [5, 5.41) is 8.20. The zero-order valence-corrected chi connectivity index (χ0v) is 17.4. The first-order valence-electron chi connectivity index (χ1n) is 8.57. The SMILES string of the molecule is CC(C)(C)C(=O)N1N=C(c2cccc(NS(C)(=O)=O)c2)C[C@H]1c1cccs1. The van der Waals surface area contributed by atoms with Crippen LogP contribution in [0.2, 0.25) is 0 Å². The van der Waals surface area contributed by atoms with E-state index in [1.165, 1.54) is 0 Å². The Morgan fingerprint density at radius 2 is 2.00 bits per heavy atom. The number of benzene rings is 1. The normalized spacial score (nSPS) is 17.7. The summed E-state index contributed by atoms with van der Waals surface area (Å²) >= 11 is 1.60. The maximum absolute atomic E-state index is 12.9. The molecule has 1 aromatic heterocycles. The van der Waals surface area contributed by atoms with Crippen LogP contribution in [0.3, 0.4) is 0 Å². The van der Waals surface area contributed by atoms with Crippen molar-refractivity contribution < 1.29 is 13.2 Å². The number of sulfonamides is 1. The van der Waals surface area contributed by atoms with Crippen molar-refractivity contribution in [2.45, 2.75) is 33.2 Å². The fourth-order valence-corrected chi connectivity index (χ4v) is 4.26. The molecule has 0 radical (unpaired) electrons. The second-order valence-electron chi connectivity index (χ2n) is 7.64. The van der Waals surface area contributed by atoms with Crippen molar-refractivity contribution in [2.24, 2.45) is 10.5 Å². The monoisotopic (exact) mass is 405 g/mol. The quantitative estimate of drug-likeness (QED) is 0.839. The van der Waals surface area contributed by atoms with Gasteiger partial charge in [0.05, 0.1) is 18.0 Å². The maximum atomic E-state index is 12.9. The van der Waals surface area contributed by atoms with Gasteiger partial charge in [0, 0.05) is 22.4 Å². The van der Waals surface area contributed by atoms with Crippen LogP contribution >= 0.6 is 11.3 Å². The fraction of sp³-hybridized carbons (Fsp3) is 0.368. The Labute approximate surface area is 164 Å². The van der Waals surface area contributed by atoms with E-state index in [9.17, 15) is 13.2 Å². The third kappa shape index (κ3) is 4.56. The maximum Gasteiger partial charge on any atom is 0.248 e. The lowest BCUT2D eigenvalue weighted by Crippen LogP contribution is -2.36. The summed E-state index contributed by atoms with van der Waals surface area (Å²) < 4.78 is 25.5. The summed E-state index contributed by atoms with van der Waals surface area (Å²) in [6.07, 6.45) is 1.70. The Hall–Kier alpha value is -2.19. The van der Waals surface area contributed by atoms with E-state index in [0.717, 1.165) is 22.4 Å². The largest absolute Gasteiger partial charge is 0.284 e. The molecule has 1 amide bonds. The highest BCUT2D eigenvalue weighted by atomic mass is 32.2. The molecule has 0 bridgehead atoms. The molecule has 0 saturated carbocycles. The third-order valence-corrected chi connectivity index (χ3v) is 5.71. The van der Waals surface area contributed by atoms with Crippen LogP contribution in [0.25, 0.3) is 0 Å². The second kappa shape index (κ2) is 7.09. The van der Waals surface area contributed by atoms with Crippen LogP contribution in [0.5, 0.6) is 0 Å². The number of amides is 1. The van der Waals surface area contributed by atoms with Crippen molar-refractivity contribution >= 4 is 38.7 Å². The Bertz CT molecular complexity index is 974. The number of carbonyl (C=O) groups excluding carboxylic acids is 1.